The molecule has 6 nitrogen and oxygen atoms in total. The summed E-state index contributed by atoms with van der Waals surface area (Å²) in [7, 11) is 0. The summed E-state index contributed by atoms with van der Waals surface area (Å²) in [6, 6.07) is 9.80. The number of allylic oxidation sites excluding steroid dienone is 1. The number of nitrogens with zero attached hydrogens (tertiary/aromatic N) is 3. The van der Waals surface area contributed by atoms with Gasteiger partial charge in [-0.3, -0.25) is 4.79 Å². The molecule has 0 saturated heterocycles. The number of rotatable bonds is 9. The Morgan fingerprint density at radius 2 is 1.90 bits per heavy atom. The van der Waals surface area contributed by atoms with Gasteiger partial charge in [-0.25, -0.2) is 9.97 Å². The van der Waals surface area contributed by atoms with E-state index in [4.69, 9.17) is 0 Å². The smallest absolute Gasteiger partial charge is 0.270 e. The number of nitrogens with one attached hydrogen (secondary N) is 2. The summed E-state index contributed by atoms with van der Waals surface area (Å²) in [5.41, 5.74) is 3.90. The van der Waals surface area contributed by atoms with E-state index in [2.05, 4.69) is 57.6 Å². The zero-order chi connectivity index (χ0) is 20.5. The van der Waals surface area contributed by atoms with Crippen molar-refractivity contribution < 1.29 is 4.79 Å². The van der Waals surface area contributed by atoms with E-state index in [-0.39, 0.29) is 5.91 Å². The van der Waals surface area contributed by atoms with E-state index in [0.717, 1.165) is 31.6 Å². The minimum absolute atomic E-state index is 0.163. The van der Waals surface area contributed by atoms with Gasteiger partial charge in [0.05, 0.1) is 0 Å². The monoisotopic (exact) mass is 393 g/mol. The van der Waals surface area contributed by atoms with Crippen LogP contribution in [0, 0.1) is 0 Å². The highest BCUT2D eigenvalue weighted by atomic mass is 16.1. The van der Waals surface area contributed by atoms with Crippen molar-refractivity contribution >= 4 is 23.2 Å². The molecule has 0 fully saturated rings. The molecule has 0 saturated carbocycles. The first-order valence-corrected chi connectivity index (χ1v) is 10.6. The summed E-state index contributed by atoms with van der Waals surface area (Å²) in [6.07, 6.45) is 9.71. The van der Waals surface area contributed by atoms with Crippen molar-refractivity contribution in [2.24, 2.45) is 0 Å². The molecule has 6 heteroatoms. The van der Waals surface area contributed by atoms with E-state index >= 15 is 0 Å². The molecule has 154 valence electrons. The van der Waals surface area contributed by atoms with Crippen LogP contribution in [0.25, 0.3) is 0 Å². The summed E-state index contributed by atoms with van der Waals surface area (Å²) in [5.74, 6) is 0.256. The molecule has 2 aromatic rings. The van der Waals surface area contributed by atoms with Gasteiger partial charge in [0.2, 0.25) is 5.95 Å². The summed E-state index contributed by atoms with van der Waals surface area (Å²) in [6.45, 7) is 6.88. The summed E-state index contributed by atoms with van der Waals surface area (Å²) >= 11 is 0. The van der Waals surface area contributed by atoms with Crippen LogP contribution in [0.2, 0.25) is 0 Å². The van der Waals surface area contributed by atoms with Crippen LogP contribution in [0.15, 0.2) is 48.2 Å². The van der Waals surface area contributed by atoms with Crippen molar-refractivity contribution in [3.05, 3.63) is 53.9 Å². The second-order valence-electron chi connectivity index (χ2n) is 7.22. The van der Waals surface area contributed by atoms with Gasteiger partial charge in [0, 0.05) is 37.2 Å². The molecule has 0 bridgehead atoms. The van der Waals surface area contributed by atoms with Crippen LogP contribution in [-0.2, 0) is 0 Å². The third kappa shape index (κ3) is 6.04. The summed E-state index contributed by atoms with van der Waals surface area (Å²) in [4.78, 5) is 23.3. The molecule has 1 amide bonds. The van der Waals surface area contributed by atoms with Gasteiger partial charge in [-0.15, -0.1) is 0 Å². The number of benzene rings is 1. The zero-order valence-corrected chi connectivity index (χ0v) is 17.4. The first-order chi connectivity index (χ1) is 14.2. The molecule has 1 aliphatic rings. The number of carbonyl (C=O) groups is 1. The Bertz CT molecular complexity index is 827. The van der Waals surface area contributed by atoms with E-state index in [1.54, 1.807) is 12.3 Å². The van der Waals surface area contributed by atoms with Crippen molar-refractivity contribution in [2.75, 3.05) is 29.9 Å². The van der Waals surface area contributed by atoms with Crippen LogP contribution in [0.1, 0.15) is 56.4 Å². The number of hydrogen-bond donors (Lipinski definition) is 2. The van der Waals surface area contributed by atoms with Gasteiger partial charge in [-0.05, 0) is 76.3 Å². The van der Waals surface area contributed by atoms with Gasteiger partial charge < -0.3 is 15.5 Å². The minimum atomic E-state index is -0.163. The molecular formula is C23H31N5O. The van der Waals surface area contributed by atoms with Crippen LogP contribution in [-0.4, -0.2) is 35.5 Å². The molecule has 1 heterocycles. The average molecular weight is 394 g/mol. The van der Waals surface area contributed by atoms with E-state index in [1.165, 1.54) is 30.5 Å². The molecule has 1 aromatic carbocycles. The van der Waals surface area contributed by atoms with Gasteiger partial charge in [-0.1, -0.05) is 11.6 Å². The normalized spacial score (nSPS) is 13.5. The number of hydrogen-bond acceptors (Lipinski definition) is 5. The second-order valence-corrected chi connectivity index (χ2v) is 7.22. The Kier molecular flexibility index (Phi) is 7.61. The highest BCUT2D eigenvalue weighted by Crippen LogP contribution is 2.20. The van der Waals surface area contributed by atoms with Gasteiger partial charge in [0.15, 0.2) is 0 Å². The van der Waals surface area contributed by atoms with E-state index in [1.807, 2.05) is 12.1 Å². The molecule has 0 radical (unpaired) electrons. The molecule has 0 spiro atoms. The topological polar surface area (TPSA) is 70.2 Å². The van der Waals surface area contributed by atoms with Crippen LogP contribution >= 0.6 is 0 Å². The van der Waals surface area contributed by atoms with Crippen molar-refractivity contribution in [1.82, 2.24) is 15.3 Å². The van der Waals surface area contributed by atoms with E-state index in [9.17, 15) is 4.79 Å². The third-order valence-corrected chi connectivity index (χ3v) is 5.26. The number of amides is 1. The minimum Gasteiger partial charge on any atom is -0.372 e. The van der Waals surface area contributed by atoms with Crippen molar-refractivity contribution in [1.29, 1.82) is 0 Å². The second kappa shape index (κ2) is 10.6. The fraction of sp³-hybridized carbons (Fsp3) is 0.435. The van der Waals surface area contributed by atoms with Gasteiger partial charge >= 0.3 is 0 Å². The highest BCUT2D eigenvalue weighted by Gasteiger charge is 2.10. The Hall–Kier alpha value is -2.89. The molecule has 3 rings (SSSR count). The standard InChI is InChI=1S/C23H31N5O/c1-3-28(4-2)20-12-10-19(11-13-20)26-23-25-17-15-21(27-23)22(29)24-16-14-18-8-6-5-7-9-18/h8,10-13,15,17H,3-7,9,14,16H2,1-2H3,(H,24,29)(H,25,26,27). The molecule has 0 aliphatic heterocycles. The van der Waals surface area contributed by atoms with Crippen LogP contribution in [0.5, 0.6) is 0 Å². The largest absolute Gasteiger partial charge is 0.372 e. The average Bonchev–Trinajstić information content (AvgIpc) is 2.76. The van der Waals surface area contributed by atoms with E-state index < -0.39 is 0 Å². The molecular weight excluding hydrogens is 362 g/mol. The van der Waals surface area contributed by atoms with Gasteiger partial charge in [0.25, 0.3) is 5.91 Å². The Balaban J connectivity index is 1.56. The lowest BCUT2D eigenvalue weighted by Gasteiger charge is -2.21. The van der Waals surface area contributed by atoms with Crippen LogP contribution in [0.3, 0.4) is 0 Å². The number of anilines is 3. The molecule has 0 atom stereocenters. The zero-order valence-electron chi connectivity index (χ0n) is 17.4. The fourth-order valence-electron chi connectivity index (χ4n) is 3.58. The van der Waals surface area contributed by atoms with Gasteiger partial charge in [0.1, 0.15) is 5.69 Å². The van der Waals surface area contributed by atoms with Gasteiger partial charge in [-0.2, -0.15) is 0 Å². The molecule has 2 N–H and O–H groups in total. The Morgan fingerprint density at radius 1 is 1.10 bits per heavy atom. The number of carbonyl (C=O) groups excluding carboxylic acids is 1. The predicted molar refractivity (Wildman–Crippen MR) is 119 cm³/mol. The third-order valence-electron chi connectivity index (χ3n) is 5.26. The lowest BCUT2D eigenvalue weighted by atomic mass is 9.97. The Labute approximate surface area is 173 Å². The molecule has 1 aromatic heterocycles. The van der Waals surface area contributed by atoms with Crippen LogP contribution in [0.4, 0.5) is 17.3 Å². The first-order valence-electron chi connectivity index (χ1n) is 10.6. The maximum absolute atomic E-state index is 12.4. The maximum atomic E-state index is 12.4. The SMILES string of the molecule is CCN(CC)c1ccc(Nc2nccc(C(=O)NCCC3=CCCCC3)n2)cc1. The van der Waals surface area contributed by atoms with Crippen molar-refractivity contribution in [3.8, 4) is 0 Å². The highest BCUT2D eigenvalue weighted by molar-refractivity contribution is 5.92. The Morgan fingerprint density at radius 3 is 2.59 bits per heavy atom. The maximum Gasteiger partial charge on any atom is 0.270 e. The number of aromatic nitrogens is 2. The fourth-order valence-corrected chi connectivity index (χ4v) is 3.58. The lowest BCUT2D eigenvalue weighted by molar-refractivity contribution is 0.0949. The molecule has 1 aliphatic carbocycles. The van der Waals surface area contributed by atoms with Crippen LogP contribution < -0.4 is 15.5 Å². The molecule has 29 heavy (non-hydrogen) atoms. The summed E-state index contributed by atoms with van der Waals surface area (Å²) in [5, 5.41) is 6.15. The first kappa shape index (κ1) is 20.8. The summed E-state index contributed by atoms with van der Waals surface area (Å²) < 4.78 is 0. The molecule has 0 unspecified atom stereocenters. The van der Waals surface area contributed by atoms with Crippen molar-refractivity contribution in [2.45, 2.75) is 46.0 Å². The lowest BCUT2D eigenvalue weighted by Crippen LogP contribution is -2.26. The van der Waals surface area contributed by atoms with E-state index in [0.29, 0.717) is 18.2 Å². The quantitative estimate of drug-likeness (QED) is 0.605. The predicted octanol–water partition coefficient (Wildman–Crippen LogP) is 4.69. The van der Waals surface area contributed by atoms with Crippen molar-refractivity contribution in [3.63, 3.8) is 0 Å².